The molecule has 1 aromatic rings. The van der Waals surface area contributed by atoms with Crippen molar-refractivity contribution in [3.05, 3.63) is 71.7 Å². The Morgan fingerprint density at radius 2 is 1.96 bits per heavy atom. The van der Waals surface area contributed by atoms with Crippen molar-refractivity contribution < 1.29 is 19.4 Å². The molecule has 6 heteroatoms. The summed E-state index contributed by atoms with van der Waals surface area (Å²) in [4.78, 5) is 26.8. The highest BCUT2D eigenvalue weighted by Gasteiger charge is 2.23. The van der Waals surface area contributed by atoms with Crippen LogP contribution in [0.15, 0.2) is 60.5 Å². The SMILES string of the molecule is C=C/C=C(O)/C=C(\NC(=O)c1ccccc1C)C(=O)N1CCOCC1. The first-order chi connectivity index (χ1) is 12.0. The number of morpholine rings is 1. The molecule has 6 nitrogen and oxygen atoms in total. The molecule has 0 atom stereocenters. The van der Waals surface area contributed by atoms with E-state index >= 15 is 0 Å². The summed E-state index contributed by atoms with van der Waals surface area (Å²) in [5.41, 5.74) is 1.27. The summed E-state index contributed by atoms with van der Waals surface area (Å²) in [6.45, 7) is 7.07. The van der Waals surface area contributed by atoms with Crippen LogP contribution in [0, 0.1) is 6.92 Å². The predicted octanol–water partition coefficient (Wildman–Crippen LogP) is 2.10. The maximum absolute atomic E-state index is 12.7. The largest absolute Gasteiger partial charge is 0.508 e. The number of benzene rings is 1. The molecule has 2 N–H and O–H groups in total. The number of ether oxygens (including phenoxy) is 1. The summed E-state index contributed by atoms with van der Waals surface area (Å²) in [6.07, 6.45) is 3.97. The smallest absolute Gasteiger partial charge is 0.270 e. The highest BCUT2D eigenvalue weighted by atomic mass is 16.5. The average molecular weight is 342 g/mol. The molecular formula is C19H22N2O4. The zero-order valence-corrected chi connectivity index (χ0v) is 14.2. The first kappa shape index (κ1) is 18.5. The van der Waals surface area contributed by atoms with Gasteiger partial charge in [0.2, 0.25) is 0 Å². The van der Waals surface area contributed by atoms with Crippen LogP contribution >= 0.6 is 0 Å². The van der Waals surface area contributed by atoms with Crippen LogP contribution in [0.5, 0.6) is 0 Å². The van der Waals surface area contributed by atoms with Gasteiger partial charge < -0.3 is 20.1 Å². The van der Waals surface area contributed by atoms with E-state index in [4.69, 9.17) is 4.74 Å². The Hall–Kier alpha value is -2.86. The van der Waals surface area contributed by atoms with Gasteiger partial charge in [-0.3, -0.25) is 9.59 Å². The Bertz CT molecular complexity index is 716. The Kier molecular flexibility index (Phi) is 6.54. The van der Waals surface area contributed by atoms with Crippen LogP contribution in [-0.4, -0.2) is 48.1 Å². The van der Waals surface area contributed by atoms with Gasteiger partial charge in [-0.05, 0) is 24.6 Å². The lowest BCUT2D eigenvalue weighted by molar-refractivity contribution is -0.131. The Balaban J connectivity index is 2.26. The van der Waals surface area contributed by atoms with Crippen molar-refractivity contribution in [2.24, 2.45) is 0 Å². The molecule has 132 valence electrons. The molecule has 0 bridgehead atoms. The summed E-state index contributed by atoms with van der Waals surface area (Å²) >= 11 is 0. The minimum atomic E-state index is -0.405. The molecule has 1 fully saturated rings. The number of allylic oxidation sites excluding steroid dienone is 3. The van der Waals surface area contributed by atoms with E-state index in [1.54, 1.807) is 17.0 Å². The van der Waals surface area contributed by atoms with Gasteiger partial charge in [-0.2, -0.15) is 0 Å². The third-order valence-electron chi connectivity index (χ3n) is 3.75. The van der Waals surface area contributed by atoms with Gasteiger partial charge in [0.05, 0.1) is 13.2 Å². The predicted molar refractivity (Wildman–Crippen MR) is 95.0 cm³/mol. The second-order valence-corrected chi connectivity index (χ2v) is 5.56. The van der Waals surface area contributed by atoms with E-state index in [2.05, 4.69) is 11.9 Å². The molecule has 2 amide bonds. The number of aryl methyl sites for hydroxylation is 1. The zero-order valence-electron chi connectivity index (χ0n) is 14.2. The fourth-order valence-electron chi connectivity index (χ4n) is 2.42. The van der Waals surface area contributed by atoms with Gasteiger partial charge in [-0.1, -0.05) is 30.9 Å². The van der Waals surface area contributed by atoms with Crippen LogP contribution in [0.3, 0.4) is 0 Å². The summed E-state index contributed by atoms with van der Waals surface area (Å²) in [6, 6.07) is 7.09. The molecule has 0 spiro atoms. The van der Waals surface area contributed by atoms with Crippen molar-refractivity contribution in [1.82, 2.24) is 10.2 Å². The lowest BCUT2D eigenvalue weighted by Gasteiger charge is -2.27. The van der Waals surface area contributed by atoms with Crippen LogP contribution < -0.4 is 5.32 Å². The van der Waals surface area contributed by atoms with E-state index in [1.807, 2.05) is 19.1 Å². The molecule has 1 aliphatic heterocycles. The summed E-state index contributed by atoms with van der Waals surface area (Å²) in [5.74, 6) is -0.941. The van der Waals surface area contributed by atoms with E-state index < -0.39 is 5.91 Å². The Morgan fingerprint density at radius 3 is 2.60 bits per heavy atom. The molecule has 0 unspecified atom stereocenters. The molecule has 1 saturated heterocycles. The van der Waals surface area contributed by atoms with Gasteiger partial charge in [-0.15, -0.1) is 0 Å². The van der Waals surface area contributed by atoms with Crippen molar-refractivity contribution >= 4 is 11.8 Å². The molecule has 1 aromatic carbocycles. The van der Waals surface area contributed by atoms with Crippen molar-refractivity contribution in [3.63, 3.8) is 0 Å². The van der Waals surface area contributed by atoms with Crippen LogP contribution in [0.25, 0.3) is 0 Å². The number of hydrogen-bond donors (Lipinski definition) is 2. The molecule has 1 heterocycles. The molecule has 0 radical (unpaired) electrons. The fourth-order valence-corrected chi connectivity index (χ4v) is 2.42. The second kappa shape index (κ2) is 8.84. The third kappa shape index (κ3) is 5.06. The first-order valence-electron chi connectivity index (χ1n) is 8.00. The van der Waals surface area contributed by atoms with Gasteiger partial charge in [-0.25, -0.2) is 0 Å². The van der Waals surface area contributed by atoms with Crippen LogP contribution in [0.1, 0.15) is 15.9 Å². The number of carbonyl (C=O) groups excluding carboxylic acids is 2. The number of rotatable bonds is 5. The van der Waals surface area contributed by atoms with Crippen molar-refractivity contribution in [2.45, 2.75) is 6.92 Å². The lowest BCUT2D eigenvalue weighted by atomic mass is 10.1. The standard InChI is InChI=1S/C19H22N2O4/c1-3-6-15(22)13-17(19(24)21-9-11-25-12-10-21)20-18(23)16-8-5-4-7-14(16)2/h3-8,13,22H,1,9-12H2,2H3,(H,20,23)/b15-6-,17-13-. The van der Waals surface area contributed by atoms with E-state index in [0.717, 1.165) is 5.56 Å². The number of amides is 2. The van der Waals surface area contributed by atoms with Crippen LogP contribution in [0.2, 0.25) is 0 Å². The maximum Gasteiger partial charge on any atom is 0.270 e. The van der Waals surface area contributed by atoms with Gasteiger partial charge in [0.1, 0.15) is 11.5 Å². The molecule has 1 aliphatic rings. The van der Waals surface area contributed by atoms with E-state index in [-0.39, 0.29) is 17.4 Å². The van der Waals surface area contributed by atoms with E-state index in [9.17, 15) is 14.7 Å². The quantitative estimate of drug-likeness (QED) is 0.488. The number of hydrogen-bond acceptors (Lipinski definition) is 4. The van der Waals surface area contributed by atoms with Gasteiger partial charge in [0.15, 0.2) is 0 Å². The molecular weight excluding hydrogens is 320 g/mol. The second-order valence-electron chi connectivity index (χ2n) is 5.56. The number of nitrogens with one attached hydrogen (secondary N) is 1. The summed E-state index contributed by atoms with van der Waals surface area (Å²) in [7, 11) is 0. The first-order valence-corrected chi connectivity index (χ1v) is 8.00. The van der Waals surface area contributed by atoms with Crippen molar-refractivity contribution in [3.8, 4) is 0 Å². The van der Waals surface area contributed by atoms with Crippen molar-refractivity contribution in [1.29, 1.82) is 0 Å². The molecule has 25 heavy (non-hydrogen) atoms. The molecule has 0 aliphatic carbocycles. The minimum Gasteiger partial charge on any atom is -0.508 e. The lowest BCUT2D eigenvalue weighted by Crippen LogP contribution is -2.44. The van der Waals surface area contributed by atoms with Crippen LogP contribution in [0.4, 0.5) is 0 Å². The fraction of sp³-hybridized carbons (Fsp3) is 0.263. The van der Waals surface area contributed by atoms with Gasteiger partial charge in [0, 0.05) is 24.7 Å². The number of carbonyl (C=O) groups is 2. The maximum atomic E-state index is 12.7. The molecule has 0 aromatic heterocycles. The minimum absolute atomic E-state index is 0.00533. The number of aliphatic hydroxyl groups is 1. The summed E-state index contributed by atoms with van der Waals surface area (Å²) in [5, 5.41) is 12.5. The third-order valence-corrected chi connectivity index (χ3v) is 3.75. The number of nitrogens with zero attached hydrogens (tertiary/aromatic N) is 1. The monoisotopic (exact) mass is 342 g/mol. The molecule has 0 saturated carbocycles. The Labute approximate surface area is 147 Å². The molecule has 2 rings (SSSR count). The Morgan fingerprint density at radius 1 is 1.28 bits per heavy atom. The average Bonchev–Trinajstić information content (AvgIpc) is 2.61. The van der Waals surface area contributed by atoms with Gasteiger partial charge >= 0.3 is 0 Å². The topological polar surface area (TPSA) is 78.9 Å². The normalized spacial score (nSPS) is 15.6. The van der Waals surface area contributed by atoms with E-state index in [1.165, 1.54) is 18.2 Å². The summed E-state index contributed by atoms with van der Waals surface area (Å²) < 4.78 is 5.24. The highest BCUT2D eigenvalue weighted by Crippen LogP contribution is 2.10. The highest BCUT2D eigenvalue weighted by molar-refractivity contribution is 6.03. The van der Waals surface area contributed by atoms with E-state index in [0.29, 0.717) is 31.9 Å². The van der Waals surface area contributed by atoms with Crippen molar-refractivity contribution in [2.75, 3.05) is 26.3 Å². The number of aliphatic hydroxyl groups excluding tert-OH is 1. The van der Waals surface area contributed by atoms with Crippen LogP contribution in [-0.2, 0) is 9.53 Å². The van der Waals surface area contributed by atoms with Gasteiger partial charge in [0.25, 0.3) is 11.8 Å². The zero-order chi connectivity index (χ0) is 18.2.